The third-order valence-electron chi connectivity index (χ3n) is 5.66. The van der Waals surface area contributed by atoms with E-state index in [-0.39, 0.29) is 29.9 Å². The maximum absolute atomic E-state index is 12.4. The van der Waals surface area contributed by atoms with Crippen LogP contribution in [-0.4, -0.2) is 56.3 Å². The minimum absolute atomic E-state index is 0.127. The monoisotopic (exact) mass is 496 g/mol. The molecule has 10 nitrogen and oxygen atoms in total. The number of aromatic nitrogens is 3. The Balaban J connectivity index is 1.59. The number of aliphatic hydroxyl groups excluding tert-OH is 1. The number of carbonyl (C=O) groups excluding carboxylic acids is 2. The fraction of sp³-hybridized carbons (Fsp3) is 0.250. The van der Waals surface area contributed by atoms with Crippen LogP contribution in [-0.2, 0) is 4.79 Å². The van der Waals surface area contributed by atoms with Crippen molar-refractivity contribution < 1.29 is 19.4 Å². The molecule has 11 heteroatoms. The molecule has 0 aliphatic carbocycles. The standard InChI is InChI=1S/C24H25ClN6O4/c25-16-7-10-19(28-13-16)35-18-8-5-15(6-9-18)22-21(24(27)34)23(26)31(29-22)17-3-1-11-30(14-17)20(33)4-2-12-32/h2,4-10,13,17,32H,1,3,11-12,14,26H2,(H2,27,34)/t17-/m1/s1. The van der Waals surface area contributed by atoms with E-state index in [0.717, 1.165) is 12.8 Å². The summed E-state index contributed by atoms with van der Waals surface area (Å²) in [6.07, 6.45) is 5.71. The summed E-state index contributed by atoms with van der Waals surface area (Å²) in [5.74, 6) is 0.191. The van der Waals surface area contributed by atoms with E-state index in [2.05, 4.69) is 10.1 Å². The number of nitrogen functional groups attached to an aromatic ring is 1. The second-order valence-electron chi connectivity index (χ2n) is 8.02. The molecule has 0 unspecified atom stereocenters. The molecule has 0 saturated carbocycles. The van der Waals surface area contributed by atoms with E-state index in [0.29, 0.717) is 41.0 Å². The smallest absolute Gasteiger partial charge is 0.254 e. The number of pyridine rings is 1. The molecule has 182 valence electrons. The Morgan fingerprint density at radius 3 is 2.66 bits per heavy atom. The first kappa shape index (κ1) is 24.2. The number of hydrogen-bond donors (Lipinski definition) is 3. The van der Waals surface area contributed by atoms with Crippen LogP contribution in [0.25, 0.3) is 11.3 Å². The lowest BCUT2D eigenvalue weighted by Gasteiger charge is -2.32. The fourth-order valence-electron chi connectivity index (χ4n) is 4.01. The van der Waals surface area contributed by atoms with Gasteiger partial charge in [0, 0.05) is 37.0 Å². The van der Waals surface area contributed by atoms with Crippen LogP contribution in [0, 0.1) is 0 Å². The van der Waals surface area contributed by atoms with E-state index >= 15 is 0 Å². The molecule has 0 spiro atoms. The van der Waals surface area contributed by atoms with E-state index in [1.165, 1.54) is 18.3 Å². The Morgan fingerprint density at radius 2 is 2.00 bits per heavy atom. The number of likely N-dealkylation sites (tertiary alicyclic amines) is 1. The third kappa shape index (κ3) is 5.44. The lowest BCUT2D eigenvalue weighted by Crippen LogP contribution is -2.40. The molecule has 0 bridgehead atoms. The second kappa shape index (κ2) is 10.6. The van der Waals surface area contributed by atoms with Crippen LogP contribution in [0.3, 0.4) is 0 Å². The number of carbonyl (C=O) groups is 2. The summed E-state index contributed by atoms with van der Waals surface area (Å²) in [7, 11) is 0. The van der Waals surface area contributed by atoms with Crippen molar-refractivity contribution in [1.29, 1.82) is 0 Å². The third-order valence-corrected chi connectivity index (χ3v) is 5.89. The van der Waals surface area contributed by atoms with Gasteiger partial charge in [-0.3, -0.25) is 9.59 Å². The lowest BCUT2D eigenvalue weighted by molar-refractivity contribution is -0.127. The van der Waals surface area contributed by atoms with Crippen molar-refractivity contribution in [3.8, 4) is 22.9 Å². The maximum atomic E-state index is 12.4. The number of hydrogen-bond acceptors (Lipinski definition) is 7. The predicted molar refractivity (Wildman–Crippen MR) is 131 cm³/mol. The number of rotatable bonds is 7. The van der Waals surface area contributed by atoms with E-state index in [1.54, 1.807) is 46.0 Å². The van der Waals surface area contributed by atoms with Crippen molar-refractivity contribution in [1.82, 2.24) is 19.7 Å². The Kier molecular flexibility index (Phi) is 7.33. The van der Waals surface area contributed by atoms with Gasteiger partial charge in [0.05, 0.1) is 17.7 Å². The van der Waals surface area contributed by atoms with Gasteiger partial charge in [-0.05, 0) is 43.2 Å². The van der Waals surface area contributed by atoms with Crippen molar-refractivity contribution in [2.75, 3.05) is 25.4 Å². The number of nitrogens with zero attached hydrogens (tertiary/aromatic N) is 4. The SMILES string of the molecule is NC(=O)c1c(-c2ccc(Oc3ccc(Cl)cn3)cc2)nn([C@@H]2CCCN(C(=O)C=CCO)C2)c1N. The number of aliphatic hydroxyl groups is 1. The van der Waals surface area contributed by atoms with Crippen LogP contribution in [0.4, 0.5) is 5.82 Å². The largest absolute Gasteiger partial charge is 0.439 e. The Morgan fingerprint density at radius 1 is 1.23 bits per heavy atom. The number of piperidine rings is 1. The number of halogens is 1. The summed E-state index contributed by atoms with van der Waals surface area (Å²) < 4.78 is 7.29. The number of amides is 2. The number of benzene rings is 1. The van der Waals surface area contributed by atoms with Gasteiger partial charge in [0.25, 0.3) is 5.91 Å². The minimum atomic E-state index is -0.691. The molecule has 1 aromatic carbocycles. The van der Waals surface area contributed by atoms with Gasteiger partial charge in [0.15, 0.2) is 0 Å². The molecular formula is C24H25ClN6O4. The van der Waals surface area contributed by atoms with Crippen LogP contribution < -0.4 is 16.2 Å². The van der Waals surface area contributed by atoms with Crippen molar-refractivity contribution in [2.24, 2.45) is 5.73 Å². The zero-order valence-corrected chi connectivity index (χ0v) is 19.6. The highest BCUT2D eigenvalue weighted by molar-refractivity contribution is 6.30. The Labute approximate surface area is 206 Å². The van der Waals surface area contributed by atoms with Crippen LogP contribution >= 0.6 is 11.6 Å². The first-order valence-electron chi connectivity index (χ1n) is 11.0. The molecule has 0 radical (unpaired) electrons. The summed E-state index contributed by atoms with van der Waals surface area (Å²) in [5.41, 5.74) is 13.1. The van der Waals surface area contributed by atoms with E-state index in [9.17, 15) is 9.59 Å². The molecule has 3 heterocycles. The molecule has 2 aromatic heterocycles. The molecule has 5 N–H and O–H groups in total. The number of anilines is 1. The average Bonchev–Trinajstić information content (AvgIpc) is 3.21. The number of primary amides is 1. The van der Waals surface area contributed by atoms with Crippen molar-refractivity contribution >= 4 is 29.2 Å². The lowest BCUT2D eigenvalue weighted by atomic mass is 10.1. The zero-order valence-electron chi connectivity index (χ0n) is 18.8. The Bertz CT molecular complexity index is 1240. The van der Waals surface area contributed by atoms with Gasteiger partial charge in [-0.1, -0.05) is 17.7 Å². The van der Waals surface area contributed by atoms with Gasteiger partial charge < -0.3 is 26.2 Å². The molecule has 1 fully saturated rings. The summed E-state index contributed by atoms with van der Waals surface area (Å²) in [4.78, 5) is 30.4. The van der Waals surface area contributed by atoms with Gasteiger partial charge in [-0.15, -0.1) is 0 Å². The van der Waals surface area contributed by atoms with E-state index in [4.69, 9.17) is 32.9 Å². The molecule has 1 aliphatic rings. The van der Waals surface area contributed by atoms with Crippen LogP contribution in [0.1, 0.15) is 29.2 Å². The highest BCUT2D eigenvalue weighted by atomic mass is 35.5. The zero-order chi connectivity index (χ0) is 24.9. The summed E-state index contributed by atoms with van der Waals surface area (Å²) >= 11 is 5.85. The highest BCUT2D eigenvalue weighted by Crippen LogP contribution is 2.33. The molecular weight excluding hydrogens is 472 g/mol. The summed E-state index contributed by atoms with van der Waals surface area (Å²) in [6.45, 7) is 0.755. The quantitative estimate of drug-likeness (QED) is 0.425. The van der Waals surface area contributed by atoms with Gasteiger partial charge in [-0.2, -0.15) is 5.10 Å². The van der Waals surface area contributed by atoms with Crippen molar-refractivity contribution in [2.45, 2.75) is 18.9 Å². The average molecular weight is 497 g/mol. The van der Waals surface area contributed by atoms with Crippen molar-refractivity contribution in [3.05, 3.63) is 65.3 Å². The molecule has 1 aliphatic heterocycles. The van der Waals surface area contributed by atoms with Crippen molar-refractivity contribution in [3.63, 3.8) is 0 Å². The van der Waals surface area contributed by atoms with Crippen LogP contribution in [0.5, 0.6) is 11.6 Å². The van der Waals surface area contributed by atoms with E-state index < -0.39 is 5.91 Å². The number of nitrogens with two attached hydrogens (primary N) is 2. The molecule has 4 rings (SSSR count). The predicted octanol–water partition coefficient (Wildman–Crippen LogP) is 2.78. The maximum Gasteiger partial charge on any atom is 0.254 e. The van der Waals surface area contributed by atoms with Gasteiger partial charge in [-0.25, -0.2) is 9.67 Å². The topological polar surface area (TPSA) is 150 Å². The normalized spacial score (nSPS) is 15.9. The summed E-state index contributed by atoms with van der Waals surface area (Å²) in [6, 6.07) is 10.1. The fourth-order valence-corrected chi connectivity index (χ4v) is 4.12. The molecule has 2 amide bonds. The van der Waals surface area contributed by atoms with E-state index in [1.807, 2.05) is 0 Å². The number of ether oxygens (including phenoxy) is 1. The van der Waals surface area contributed by atoms with Crippen LogP contribution in [0.15, 0.2) is 54.7 Å². The Hall–Kier alpha value is -3.89. The van der Waals surface area contributed by atoms with Gasteiger partial charge >= 0.3 is 0 Å². The van der Waals surface area contributed by atoms with Gasteiger partial charge in [0.2, 0.25) is 11.8 Å². The summed E-state index contributed by atoms with van der Waals surface area (Å²) in [5, 5.41) is 14.1. The molecule has 3 aromatic rings. The minimum Gasteiger partial charge on any atom is -0.439 e. The first-order valence-corrected chi connectivity index (χ1v) is 11.4. The molecule has 1 saturated heterocycles. The van der Waals surface area contributed by atoms with Crippen LogP contribution in [0.2, 0.25) is 5.02 Å². The second-order valence-corrected chi connectivity index (χ2v) is 8.46. The first-order chi connectivity index (χ1) is 16.9. The molecule has 1 atom stereocenters. The highest BCUT2D eigenvalue weighted by Gasteiger charge is 2.29. The van der Waals surface area contributed by atoms with Gasteiger partial charge in [0.1, 0.15) is 22.8 Å². The molecule has 35 heavy (non-hydrogen) atoms.